The molecule has 0 aliphatic carbocycles. The van der Waals surface area contributed by atoms with Crippen molar-refractivity contribution >= 4 is 17.0 Å². The van der Waals surface area contributed by atoms with E-state index in [1.54, 1.807) is 0 Å². The van der Waals surface area contributed by atoms with Crippen molar-refractivity contribution in [1.82, 2.24) is 0 Å². The van der Waals surface area contributed by atoms with Gasteiger partial charge in [-0.2, -0.15) is 0 Å². The smallest absolute Gasteiger partial charge is 0.198 e. The molecule has 0 heterocycles. The zero-order chi connectivity index (χ0) is 12.6. The van der Waals surface area contributed by atoms with Crippen LogP contribution in [0.15, 0.2) is 24.8 Å². The summed E-state index contributed by atoms with van der Waals surface area (Å²) in [4.78, 5) is 0. The molecule has 4 heteroatoms. The Kier molecular flexibility index (Phi) is 7.50. The third-order valence-corrected chi connectivity index (χ3v) is 2.23. The third-order valence-electron chi connectivity index (χ3n) is 2.23. The molecule has 2 N–H and O–H groups in total. The Hall–Kier alpha value is -1.13. The maximum atomic E-state index is 8.81. The molecule has 1 rings (SSSR count). The van der Waals surface area contributed by atoms with Crippen LogP contribution in [0.2, 0.25) is 0 Å². The summed E-state index contributed by atoms with van der Waals surface area (Å²) >= 11 is 0. The number of nitrogens with two attached hydrogens (primary N) is 1. The fourth-order valence-corrected chi connectivity index (χ4v) is 1.45. The van der Waals surface area contributed by atoms with E-state index in [1.165, 1.54) is 16.7 Å². The van der Waals surface area contributed by atoms with Crippen LogP contribution in [-0.2, 0) is 23.7 Å². The first-order chi connectivity index (χ1) is 7.54. The largest absolute Gasteiger partial charge is 0.231 e. The molecule has 0 radical (unpaired) electrons. The van der Waals surface area contributed by atoms with Gasteiger partial charge < -0.3 is 0 Å². The predicted molar refractivity (Wildman–Crippen MR) is 69.8 cm³/mol. The van der Waals surface area contributed by atoms with Crippen molar-refractivity contribution in [2.75, 3.05) is 0 Å². The second kappa shape index (κ2) is 8.07. The van der Waals surface area contributed by atoms with Gasteiger partial charge in [0, 0.05) is 0 Å². The lowest BCUT2D eigenvalue weighted by molar-refractivity contribution is 0.616. The van der Waals surface area contributed by atoms with Crippen LogP contribution in [0, 0.1) is 0 Å². The standard InChI is InChI=1S/C12H16.H3NO2S/c1-4-10-7-8-11(5-2)12(6-3)9-10;1-4(2)3/h4,7-9H,1,5-6H2,2-3H3;4H,(H2,1,2,3). The van der Waals surface area contributed by atoms with Crippen LogP contribution in [-0.4, -0.2) is 8.42 Å². The van der Waals surface area contributed by atoms with E-state index in [0.29, 0.717) is 0 Å². The number of aryl methyl sites for hydroxylation is 2. The number of benzene rings is 1. The van der Waals surface area contributed by atoms with Gasteiger partial charge in [0.2, 0.25) is 0 Å². The minimum absolute atomic E-state index is 1.12. The molecule has 0 spiro atoms. The van der Waals surface area contributed by atoms with Gasteiger partial charge in [0.15, 0.2) is 10.9 Å². The van der Waals surface area contributed by atoms with Crippen LogP contribution in [0.4, 0.5) is 0 Å². The maximum Gasteiger partial charge on any atom is 0.198 e. The topological polar surface area (TPSA) is 60.2 Å². The molecule has 1 aromatic rings. The summed E-state index contributed by atoms with van der Waals surface area (Å²) in [7, 11) is -2.62. The van der Waals surface area contributed by atoms with E-state index < -0.39 is 10.9 Å². The van der Waals surface area contributed by atoms with Crippen LogP contribution >= 0.6 is 0 Å². The van der Waals surface area contributed by atoms with E-state index in [2.05, 4.69) is 43.8 Å². The molecule has 0 bridgehead atoms. The number of thiol groups is 1. The van der Waals surface area contributed by atoms with Gasteiger partial charge in [-0.05, 0) is 29.5 Å². The summed E-state index contributed by atoms with van der Waals surface area (Å²) in [5.41, 5.74) is 4.14. The Balaban J connectivity index is 0.000000487. The van der Waals surface area contributed by atoms with Gasteiger partial charge in [-0.25, -0.2) is 13.6 Å². The molecule has 1 aromatic carbocycles. The van der Waals surface area contributed by atoms with Gasteiger partial charge in [0.25, 0.3) is 0 Å². The predicted octanol–water partition coefficient (Wildman–Crippen LogP) is 1.93. The highest BCUT2D eigenvalue weighted by Gasteiger charge is 1.97. The fraction of sp³-hybridized carbons (Fsp3) is 0.333. The summed E-state index contributed by atoms with van der Waals surface area (Å²) in [5, 5.41) is 4.06. The average Bonchev–Trinajstić information content (AvgIpc) is 2.27. The minimum Gasteiger partial charge on any atom is -0.231 e. The number of hydrogen-bond donors (Lipinski definition) is 2. The Morgan fingerprint density at radius 2 is 1.75 bits per heavy atom. The SMILES string of the molecule is C=Cc1ccc(CC)c(CC)c1.N[SH](=O)=O. The van der Waals surface area contributed by atoms with Crippen molar-refractivity contribution in [2.45, 2.75) is 26.7 Å². The highest BCUT2D eigenvalue weighted by Crippen LogP contribution is 2.14. The van der Waals surface area contributed by atoms with Gasteiger partial charge in [0.1, 0.15) is 0 Å². The molecule has 0 aliphatic heterocycles. The maximum absolute atomic E-state index is 8.81. The molecule has 0 unspecified atom stereocenters. The lowest BCUT2D eigenvalue weighted by atomic mass is 10.0. The molecule has 0 saturated carbocycles. The molecule has 90 valence electrons. The highest BCUT2D eigenvalue weighted by atomic mass is 32.2. The number of rotatable bonds is 3. The zero-order valence-corrected chi connectivity index (χ0v) is 10.7. The molecule has 0 fully saturated rings. The Bertz CT molecular complexity index is 403. The molecule has 16 heavy (non-hydrogen) atoms. The van der Waals surface area contributed by atoms with Crippen molar-refractivity contribution < 1.29 is 8.42 Å². The summed E-state index contributed by atoms with van der Waals surface area (Å²) in [6, 6.07) is 6.56. The first-order valence-electron chi connectivity index (χ1n) is 5.18. The summed E-state index contributed by atoms with van der Waals surface area (Å²) < 4.78 is 17.6. The Morgan fingerprint density at radius 1 is 1.25 bits per heavy atom. The first-order valence-corrected chi connectivity index (χ1v) is 6.43. The van der Waals surface area contributed by atoms with Crippen LogP contribution < -0.4 is 5.14 Å². The van der Waals surface area contributed by atoms with Crippen molar-refractivity contribution in [1.29, 1.82) is 0 Å². The quantitative estimate of drug-likeness (QED) is 0.794. The first kappa shape index (κ1) is 14.9. The van der Waals surface area contributed by atoms with Gasteiger partial charge >= 0.3 is 0 Å². The van der Waals surface area contributed by atoms with Crippen LogP contribution in [0.1, 0.15) is 30.5 Å². The van der Waals surface area contributed by atoms with E-state index in [1.807, 2.05) is 6.08 Å². The van der Waals surface area contributed by atoms with E-state index in [-0.39, 0.29) is 0 Å². The summed E-state index contributed by atoms with van der Waals surface area (Å²) in [6.07, 6.45) is 4.14. The lowest BCUT2D eigenvalue weighted by Crippen LogP contribution is -1.90. The van der Waals surface area contributed by atoms with Crippen LogP contribution in [0.3, 0.4) is 0 Å². The molecule has 0 aromatic heterocycles. The van der Waals surface area contributed by atoms with Crippen molar-refractivity contribution in [3.8, 4) is 0 Å². The Labute approximate surface area is 99.1 Å². The molecular weight excluding hydrogens is 222 g/mol. The molecule has 0 saturated heterocycles. The fourth-order valence-electron chi connectivity index (χ4n) is 1.45. The lowest BCUT2D eigenvalue weighted by Gasteiger charge is -2.05. The molecule has 0 amide bonds. The zero-order valence-electron chi connectivity index (χ0n) is 9.77. The molecular formula is C12H19NO2S. The van der Waals surface area contributed by atoms with E-state index in [4.69, 9.17) is 8.42 Å². The van der Waals surface area contributed by atoms with E-state index in [9.17, 15) is 0 Å². The monoisotopic (exact) mass is 241 g/mol. The molecule has 0 atom stereocenters. The summed E-state index contributed by atoms with van der Waals surface area (Å²) in [5.74, 6) is 0. The van der Waals surface area contributed by atoms with Crippen molar-refractivity contribution in [2.24, 2.45) is 5.14 Å². The average molecular weight is 241 g/mol. The molecule has 0 aliphatic rings. The summed E-state index contributed by atoms with van der Waals surface area (Å²) in [6.45, 7) is 8.15. The number of hydrogen-bond acceptors (Lipinski definition) is 2. The normalized spacial score (nSPS) is 9.50. The van der Waals surface area contributed by atoms with Gasteiger partial charge in [-0.15, -0.1) is 0 Å². The second-order valence-corrected chi connectivity index (χ2v) is 3.80. The van der Waals surface area contributed by atoms with E-state index >= 15 is 0 Å². The van der Waals surface area contributed by atoms with Gasteiger partial charge in [-0.3, -0.25) is 0 Å². The Morgan fingerprint density at radius 3 is 2.12 bits per heavy atom. The van der Waals surface area contributed by atoms with Crippen LogP contribution in [0.25, 0.3) is 6.08 Å². The third kappa shape index (κ3) is 5.68. The minimum atomic E-state index is -2.62. The van der Waals surface area contributed by atoms with Crippen molar-refractivity contribution in [3.05, 3.63) is 41.5 Å². The highest BCUT2D eigenvalue weighted by molar-refractivity contribution is 7.69. The molecule has 3 nitrogen and oxygen atoms in total. The van der Waals surface area contributed by atoms with Gasteiger partial charge in [0.05, 0.1) is 0 Å². The van der Waals surface area contributed by atoms with Crippen LogP contribution in [0.5, 0.6) is 0 Å². The van der Waals surface area contributed by atoms with E-state index in [0.717, 1.165) is 12.8 Å². The van der Waals surface area contributed by atoms with Crippen molar-refractivity contribution in [3.63, 3.8) is 0 Å². The second-order valence-electron chi connectivity index (χ2n) is 3.22. The van der Waals surface area contributed by atoms with Gasteiger partial charge in [-0.1, -0.05) is 44.7 Å².